The fraction of sp³-hybridized carbons (Fsp3) is 0.391. The molecule has 148 valence electrons. The maximum absolute atomic E-state index is 12.9. The van der Waals surface area contributed by atoms with Crippen LogP contribution < -0.4 is 0 Å². The third-order valence-electron chi connectivity index (χ3n) is 5.53. The van der Waals surface area contributed by atoms with E-state index in [1.54, 1.807) is 0 Å². The van der Waals surface area contributed by atoms with Crippen molar-refractivity contribution in [2.45, 2.75) is 32.0 Å². The number of rotatable bonds is 5. The number of hydrogen-bond acceptors (Lipinski definition) is 5. The lowest BCUT2D eigenvalue weighted by Crippen LogP contribution is -2.35. The highest BCUT2D eigenvalue weighted by atomic mass is 16.5. The Balaban J connectivity index is 2.24. The smallest absolute Gasteiger partial charge is 0.311 e. The molecule has 28 heavy (non-hydrogen) atoms. The van der Waals surface area contributed by atoms with Crippen molar-refractivity contribution in [1.29, 1.82) is 0 Å². The van der Waals surface area contributed by atoms with Gasteiger partial charge in [-0.2, -0.15) is 0 Å². The van der Waals surface area contributed by atoms with Gasteiger partial charge in [0.1, 0.15) is 0 Å². The minimum Gasteiger partial charge on any atom is -0.469 e. The molecular formula is C23H27NO4. The molecule has 1 aliphatic rings. The van der Waals surface area contributed by atoms with Crippen LogP contribution in [0.4, 0.5) is 0 Å². The minimum absolute atomic E-state index is 0.0947. The number of nitrogens with zero attached hydrogens (tertiary/aromatic N) is 1. The van der Waals surface area contributed by atoms with Crippen molar-refractivity contribution in [3.63, 3.8) is 0 Å². The topological polar surface area (TPSA) is 55.8 Å². The summed E-state index contributed by atoms with van der Waals surface area (Å²) in [6.07, 6.45) is 0. The lowest BCUT2D eigenvalue weighted by Gasteiger charge is -2.35. The van der Waals surface area contributed by atoms with Crippen molar-refractivity contribution in [2.24, 2.45) is 11.8 Å². The maximum Gasteiger partial charge on any atom is 0.311 e. The van der Waals surface area contributed by atoms with Gasteiger partial charge in [0.25, 0.3) is 0 Å². The van der Waals surface area contributed by atoms with Crippen LogP contribution in [0.5, 0.6) is 0 Å². The molecule has 5 nitrogen and oxygen atoms in total. The molecule has 0 saturated carbocycles. The number of likely N-dealkylation sites (tertiary alicyclic amines) is 1. The van der Waals surface area contributed by atoms with E-state index in [1.165, 1.54) is 14.2 Å². The second-order valence-corrected chi connectivity index (χ2v) is 7.35. The highest BCUT2D eigenvalue weighted by Crippen LogP contribution is 2.53. The normalized spacial score (nSPS) is 24.9. The molecule has 1 fully saturated rings. The largest absolute Gasteiger partial charge is 0.469 e. The van der Waals surface area contributed by atoms with Crippen molar-refractivity contribution in [2.75, 3.05) is 14.2 Å². The second-order valence-electron chi connectivity index (χ2n) is 7.35. The van der Waals surface area contributed by atoms with Gasteiger partial charge in [0.05, 0.1) is 26.1 Å². The Labute approximate surface area is 166 Å². The van der Waals surface area contributed by atoms with Crippen LogP contribution in [-0.2, 0) is 19.1 Å². The van der Waals surface area contributed by atoms with Gasteiger partial charge in [-0.25, -0.2) is 0 Å². The predicted octanol–water partition coefficient (Wildman–Crippen LogP) is 3.77. The highest BCUT2D eigenvalue weighted by Gasteiger charge is 2.57. The van der Waals surface area contributed by atoms with E-state index >= 15 is 0 Å². The Morgan fingerprint density at radius 3 is 1.39 bits per heavy atom. The van der Waals surface area contributed by atoms with Crippen LogP contribution in [0.3, 0.4) is 0 Å². The van der Waals surface area contributed by atoms with Crippen LogP contribution in [0.25, 0.3) is 0 Å². The molecule has 0 spiro atoms. The average molecular weight is 381 g/mol. The monoisotopic (exact) mass is 381 g/mol. The van der Waals surface area contributed by atoms with Crippen molar-refractivity contribution >= 4 is 11.9 Å². The van der Waals surface area contributed by atoms with Gasteiger partial charge in [0.15, 0.2) is 0 Å². The number of ether oxygens (including phenoxy) is 2. The summed E-state index contributed by atoms with van der Waals surface area (Å²) in [5.74, 6) is -2.11. The van der Waals surface area contributed by atoms with Crippen LogP contribution in [0.2, 0.25) is 0 Å². The quantitative estimate of drug-likeness (QED) is 0.738. The molecular weight excluding hydrogens is 354 g/mol. The third-order valence-corrected chi connectivity index (χ3v) is 5.53. The lowest BCUT2D eigenvalue weighted by atomic mass is 9.82. The molecule has 4 atom stereocenters. The van der Waals surface area contributed by atoms with Crippen molar-refractivity contribution in [3.8, 4) is 0 Å². The summed E-state index contributed by atoms with van der Waals surface area (Å²) in [5, 5.41) is 0. The molecule has 0 unspecified atom stereocenters. The van der Waals surface area contributed by atoms with Crippen molar-refractivity contribution in [1.82, 2.24) is 4.90 Å². The molecule has 0 radical (unpaired) electrons. The molecule has 3 rings (SSSR count). The van der Waals surface area contributed by atoms with E-state index in [0.29, 0.717) is 0 Å². The zero-order valence-corrected chi connectivity index (χ0v) is 16.7. The average Bonchev–Trinajstić information content (AvgIpc) is 3.10. The first-order valence-corrected chi connectivity index (χ1v) is 9.54. The van der Waals surface area contributed by atoms with Gasteiger partial charge in [-0.15, -0.1) is 0 Å². The molecule has 1 aliphatic heterocycles. The Hall–Kier alpha value is -2.66. The van der Waals surface area contributed by atoms with E-state index in [2.05, 4.69) is 18.7 Å². The van der Waals surface area contributed by atoms with Gasteiger partial charge >= 0.3 is 11.9 Å². The summed E-state index contributed by atoms with van der Waals surface area (Å²) < 4.78 is 10.3. The molecule has 2 aromatic carbocycles. The SMILES string of the molecule is COC(=O)[C@@H]1[C@@H](C(=O)OC)[C@@H](c2ccccc2)N(C(C)C)[C@@H]1c1ccccc1. The molecule has 0 aliphatic carbocycles. The zero-order chi connectivity index (χ0) is 20.3. The maximum atomic E-state index is 12.9. The van der Waals surface area contributed by atoms with E-state index in [-0.39, 0.29) is 18.1 Å². The van der Waals surface area contributed by atoms with Gasteiger partial charge in [-0.05, 0) is 25.0 Å². The minimum atomic E-state index is -0.660. The van der Waals surface area contributed by atoms with E-state index in [1.807, 2.05) is 60.7 Å². The first-order chi connectivity index (χ1) is 13.5. The predicted molar refractivity (Wildman–Crippen MR) is 106 cm³/mol. The standard InChI is InChI=1S/C23H27NO4/c1-15(2)24-20(16-11-7-5-8-12-16)18(22(25)27-3)19(23(26)28-4)21(24)17-13-9-6-10-14-17/h5-15,18-21H,1-4H3/t18-,19-,20-,21-/m1/s1. The molecule has 1 heterocycles. The Morgan fingerprint density at radius 1 is 0.750 bits per heavy atom. The molecule has 1 saturated heterocycles. The summed E-state index contributed by atoms with van der Waals surface area (Å²) in [6.45, 7) is 4.17. The molecule has 0 aromatic heterocycles. The molecule has 0 bridgehead atoms. The summed E-state index contributed by atoms with van der Waals surface area (Å²) in [4.78, 5) is 28.1. The number of esters is 2. The first kappa shape index (κ1) is 20.1. The summed E-state index contributed by atoms with van der Waals surface area (Å²) >= 11 is 0. The van der Waals surface area contributed by atoms with Crippen LogP contribution in [0.1, 0.15) is 37.1 Å². The fourth-order valence-electron chi connectivity index (χ4n) is 4.46. The van der Waals surface area contributed by atoms with Gasteiger partial charge in [-0.1, -0.05) is 60.7 Å². The van der Waals surface area contributed by atoms with Crippen LogP contribution >= 0.6 is 0 Å². The van der Waals surface area contributed by atoms with Crippen molar-refractivity contribution < 1.29 is 19.1 Å². The first-order valence-electron chi connectivity index (χ1n) is 9.54. The highest BCUT2D eigenvalue weighted by molar-refractivity contribution is 5.84. The van der Waals surface area contributed by atoms with Crippen LogP contribution in [0, 0.1) is 11.8 Å². The van der Waals surface area contributed by atoms with Crippen molar-refractivity contribution in [3.05, 3.63) is 71.8 Å². The Morgan fingerprint density at radius 2 is 1.11 bits per heavy atom. The van der Waals surface area contributed by atoms with E-state index in [9.17, 15) is 9.59 Å². The van der Waals surface area contributed by atoms with Crippen LogP contribution in [-0.4, -0.2) is 37.1 Å². The number of carbonyl (C=O) groups is 2. The lowest BCUT2D eigenvalue weighted by molar-refractivity contribution is -0.157. The number of methoxy groups -OCH3 is 2. The summed E-state index contributed by atoms with van der Waals surface area (Å²) in [7, 11) is 2.74. The van der Waals surface area contributed by atoms with Gasteiger partial charge in [0, 0.05) is 18.1 Å². The summed E-state index contributed by atoms with van der Waals surface area (Å²) in [6, 6.07) is 19.2. The van der Waals surface area contributed by atoms with Gasteiger partial charge in [0.2, 0.25) is 0 Å². The van der Waals surface area contributed by atoms with Gasteiger partial charge in [-0.3, -0.25) is 14.5 Å². The second kappa shape index (κ2) is 8.57. The number of carbonyl (C=O) groups excluding carboxylic acids is 2. The molecule has 2 aromatic rings. The van der Waals surface area contributed by atoms with Crippen LogP contribution in [0.15, 0.2) is 60.7 Å². The number of benzene rings is 2. The van der Waals surface area contributed by atoms with E-state index < -0.39 is 23.8 Å². The van der Waals surface area contributed by atoms with E-state index in [4.69, 9.17) is 9.47 Å². The Kier molecular flexibility index (Phi) is 6.15. The molecule has 0 amide bonds. The summed E-state index contributed by atoms with van der Waals surface area (Å²) in [5.41, 5.74) is 1.97. The fourth-order valence-corrected chi connectivity index (χ4v) is 4.46. The number of hydrogen-bond donors (Lipinski definition) is 0. The molecule has 0 N–H and O–H groups in total. The van der Waals surface area contributed by atoms with E-state index in [0.717, 1.165) is 11.1 Å². The zero-order valence-electron chi connectivity index (χ0n) is 16.7. The Bertz CT molecular complexity index is 740. The molecule has 5 heteroatoms. The third kappa shape index (κ3) is 3.54. The van der Waals surface area contributed by atoms with Gasteiger partial charge < -0.3 is 9.47 Å².